The van der Waals surface area contributed by atoms with E-state index in [4.69, 9.17) is 4.74 Å². The zero-order chi connectivity index (χ0) is 16.1. The Balaban J connectivity index is 1.63. The first kappa shape index (κ1) is 15.2. The summed E-state index contributed by atoms with van der Waals surface area (Å²) >= 11 is 1.36. The molecule has 0 unspecified atom stereocenters. The van der Waals surface area contributed by atoms with Gasteiger partial charge < -0.3 is 4.74 Å². The molecule has 0 saturated carbocycles. The summed E-state index contributed by atoms with van der Waals surface area (Å²) in [6.45, 7) is -0.249. The standard InChI is InChI=1S/C19H14O3S/c20-16(14-7-3-1-4-8-14)13-22-19(21)18-12-11-17(23-18)15-9-5-2-6-10-15/h1-12H,13H2. The molecular weight excluding hydrogens is 308 g/mol. The van der Waals surface area contributed by atoms with Gasteiger partial charge in [-0.25, -0.2) is 4.79 Å². The van der Waals surface area contributed by atoms with E-state index in [1.54, 1.807) is 30.3 Å². The van der Waals surface area contributed by atoms with Crippen molar-refractivity contribution in [3.63, 3.8) is 0 Å². The van der Waals surface area contributed by atoms with Gasteiger partial charge in [-0.05, 0) is 17.7 Å². The first-order valence-electron chi connectivity index (χ1n) is 7.14. The second-order valence-electron chi connectivity index (χ2n) is 4.90. The van der Waals surface area contributed by atoms with E-state index < -0.39 is 5.97 Å². The number of hydrogen-bond donors (Lipinski definition) is 0. The summed E-state index contributed by atoms with van der Waals surface area (Å²) in [5.41, 5.74) is 1.59. The number of carbonyl (C=O) groups is 2. The third kappa shape index (κ3) is 3.73. The van der Waals surface area contributed by atoms with E-state index in [2.05, 4.69) is 0 Å². The van der Waals surface area contributed by atoms with Gasteiger partial charge in [0.25, 0.3) is 0 Å². The van der Waals surface area contributed by atoms with Crippen LogP contribution in [-0.4, -0.2) is 18.4 Å². The van der Waals surface area contributed by atoms with Crippen molar-refractivity contribution in [2.45, 2.75) is 0 Å². The number of ketones is 1. The molecule has 1 heterocycles. The van der Waals surface area contributed by atoms with Crippen LogP contribution in [-0.2, 0) is 4.74 Å². The molecule has 0 spiro atoms. The van der Waals surface area contributed by atoms with Crippen LogP contribution in [0, 0.1) is 0 Å². The summed E-state index contributed by atoms with van der Waals surface area (Å²) in [6, 6.07) is 22.2. The fraction of sp³-hybridized carbons (Fsp3) is 0.0526. The molecule has 0 N–H and O–H groups in total. The topological polar surface area (TPSA) is 43.4 Å². The number of Topliss-reactive ketones (excluding diaryl/α,β-unsaturated/α-hetero) is 1. The predicted molar refractivity (Wildman–Crippen MR) is 90.8 cm³/mol. The molecule has 0 aliphatic heterocycles. The van der Waals surface area contributed by atoms with Gasteiger partial charge in [0.1, 0.15) is 4.88 Å². The minimum Gasteiger partial charge on any atom is -0.453 e. The van der Waals surface area contributed by atoms with Crippen LogP contribution in [0.15, 0.2) is 72.8 Å². The van der Waals surface area contributed by atoms with Crippen LogP contribution in [0.3, 0.4) is 0 Å². The quantitative estimate of drug-likeness (QED) is 0.515. The molecule has 0 amide bonds. The lowest BCUT2D eigenvalue weighted by molar-refractivity contribution is 0.0479. The van der Waals surface area contributed by atoms with E-state index in [0.717, 1.165) is 10.4 Å². The molecule has 3 aromatic rings. The highest BCUT2D eigenvalue weighted by atomic mass is 32.1. The van der Waals surface area contributed by atoms with Crippen LogP contribution in [0.5, 0.6) is 0 Å². The SMILES string of the molecule is O=C(COC(=O)c1ccc(-c2ccccc2)s1)c1ccccc1. The molecule has 0 aliphatic carbocycles. The van der Waals surface area contributed by atoms with E-state index in [-0.39, 0.29) is 12.4 Å². The molecule has 0 bridgehead atoms. The lowest BCUT2D eigenvalue weighted by atomic mass is 10.1. The van der Waals surface area contributed by atoms with Gasteiger partial charge in [-0.3, -0.25) is 4.79 Å². The molecule has 23 heavy (non-hydrogen) atoms. The number of ether oxygens (including phenoxy) is 1. The highest BCUT2D eigenvalue weighted by Gasteiger charge is 2.14. The molecule has 0 fully saturated rings. The molecule has 0 saturated heterocycles. The summed E-state index contributed by atoms with van der Waals surface area (Å²) in [4.78, 5) is 25.5. The highest BCUT2D eigenvalue weighted by Crippen LogP contribution is 2.28. The Bertz CT molecular complexity index is 807. The molecule has 0 atom stereocenters. The average molecular weight is 322 g/mol. The largest absolute Gasteiger partial charge is 0.453 e. The van der Waals surface area contributed by atoms with E-state index in [1.807, 2.05) is 42.5 Å². The van der Waals surface area contributed by atoms with Crippen molar-refractivity contribution in [3.05, 3.63) is 83.2 Å². The number of rotatable bonds is 5. The zero-order valence-electron chi connectivity index (χ0n) is 12.3. The third-order valence-corrected chi connectivity index (χ3v) is 4.41. The van der Waals surface area contributed by atoms with Gasteiger partial charge in [-0.2, -0.15) is 0 Å². The monoisotopic (exact) mass is 322 g/mol. The van der Waals surface area contributed by atoms with Crippen molar-refractivity contribution in [1.82, 2.24) is 0 Å². The van der Waals surface area contributed by atoms with Crippen molar-refractivity contribution in [3.8, 4) is 10.4 Å². The maximum absolute atomic E-state index is 12.1. The van der Waals surface area contributed by atoms with Crippen molar-refractivity contribution in [2.75, 3.05) is 6.61 Å². The van der Waals surface area contributed by atoms with Crippen molar-refractivity contribution >= 4 is 23.1 Å². The van der Waals surface area contributed by atoms with Gasteiger partial charge >= 0.3 is 5.97 Å². The van der Waals surface area contributed by atoms with E-state index in [0.29, 0.717) is 10.4 Å². The first-order chi connectivity index (χ1) is 11.2. The summed E-state index contributed by atoms with van der Waals surface area (Å²) in [5.74, 6) is -0.680. The fourth-order valence-corrected chi connectivity index (χ4v) is 3.02. The smallest absolute Gasteiger partial charge is 0.348 e. The van der Waals surface area contributed by atoms with Crippen LogP contribution < -0.4 is 0 Å². The van der Waals surface area contributed by atoms with Gasteiger partial charge in [0.05, 0.1) is 0 Å². The Morgan fingerprint density at radius 3 is 2.17 bits per heavy atom. The summed E-state index contributed by atoms with van der Waals surface area (Å²) in [6.07, 6.45) is 0. The third-order valence-electron chi connectivity index (χ3n) is 3.30. The number of carbonyl (C=O) groups excluding carboxylic acids is 2. The predicted octanol–water partition coefficient (Wildman–Crippen LogP) is 4.45. The Morgan fingerprint density at radius 1 is 0.826 bits per heavy atom. The van der Waals surface area contributed by atoms with E-state index in [9.17, 15) is 9.59 Å². The van der Waals surface area contributed by atoms with Gasteiger partial charge in [0, 0.05) is 10.4 Å². The maximum Gasteiger partial charge on any atom is 0.348 e. The Kier molecular flexibility index (Phi) is 4.64. The van der Waals surface area contributed by atoms with Gasteiger partial charge in [0.2, 0.25) is 0 Å². The minimum atomic E-state index is -0.471. The normalized spacial score (nSPS) is 10.3. The lowest BCUT2D eigenvalue weighted by Crippen LogP contribution is -2.13. The number of hydrogen-bond acceptors (Lipinski definition) is 4. The molecule has 3 rings (SSSR count). The van der Waals surface area contributed by atoms with Gasteiger partial charge in [-0.1, -0.05) is 60.7 Å². The summed E-state index contributed by atoms with van der Waals surface area (Å²) in [5, 5.41) is 0. The van der Waals surface area contributed by atoms with Crippen LogP contribution in [0.1, 0.15) is 20.0 Å². The van der Waals surface area contributed by atoms with E-state index >= 15 is 0 Å². The Hall–Kier alpha value is -2.72. The van der Waals surface area contributed by atoms with E-state index in [1.165, 1.54) is 11.3 Å². The molecular formula is C19H14O3S. The Morgan fingerprint density at radius 2 is 1.48 bits per heavy atom. The molecule has 1 aromatic heterocycles. The van der Waals surface area contributed by atoms with Gasteiger partial charge in [-0.15, -0.1) is 11.3 Å². The Labute approximate surface area is 138 Å². The summed E-state index contributed by atoms with van der Waals surface area (Å²) in [7, 11) is 0. The maximum atomic E-state index is 12.1. The molecule has 4 heteroatoms. The van der Waals surface area contributed by atoms with Crippen molar-refractivity contribution in [1.29, 1.82) is 0 Å². The molecule has 0 radical (unpaired) electrons. The fourth-order valence-electron chi connectivity index (χ4n) is 2.11. The molecule has 3 nitrogen and oxygen atoms in total. The number of thiophene rings is 1. The second-order valence-corrected chi connectivity index (χ2v) is 5.98. The number of benzene rings is 2. The zero-order valence-corrected chi connectivity index (χ0v) is 13.1. The highest BCUT2D eigenvalue weighted by molar-refractivity contribution is 7.17. The summed E-state index contributed by atoms with van der Waals surface area (Å²) < 4.78 is 5.12. The second kappa shape index (κ2) is 7.03. The minimum absolute atomic E-state index is 0.209. The molecule has 114 valence electrons. The number of esters is 1. The molecule has 0 aliphatic rings. The van der Waals surface area contributed by atoms with Crippen LogP contribution >= 0.6 is 11.3 Å². The van der Waals surface area contributed by atoms with Crippen LogP contribution in [0.4, 0.5) is 0 Å². The van der Waals surface area contributed by atoms with Crippen LogP contribution in [0.2, 0.25) is 0 Å². The average Bonchev–Trinajstić information content (AvgIpc) is 3.11. The van der Waals surface area contributed by atoms with Crippen LogP contribution in [0.25, 0.3) is 10.4 Å². The van der Waals surface area contributed by atoms with Gasteiger partial charge in [0.15, 0.2) is 12.4 Å². The molecule has 2 aromatic carbocycles. The first-order valence-corrected chi connectivity index (χ1v) is 7.96. The lowest BCUT2D eigenvalue weighted by Gasteiger charge is -2.02. The van der Waals surface area contributed by atoms with Crippen molar-refractivity contribution < 1.29 is 14.3 Å². The van der Waals surface area contributed by atoms with Crippen molar-refractivity contribution in [2.24, 2.45) is 0 Å².